The third-order valence-electron chi connectivity index (χ3n) is 3.59. The Hall–Kier alpha value is -1.26. The maximum Gasteiger partial charge on any atom is 0.412 e. The number of benzene rings is 1. The van der Waals surface area contributed by atoms with Crippen molar-refractivity contribution in [2.24, 2.45) is 5.92 Å². The molecule has 0 aromatic heterocycles. The number of halogens is 1. The van der Waals surface area contributed by atoms with Gasteiger partial charge < -0.3 is 10.1 Å². The fourth-order valence-electron chi connectivity index (χ4n) is 2.63. The van der Waals surface area contributed by atoms with Crippen LogP contribution in [0.2, 0.25) is 5.02 Å². The largest absolute Gasteiger partial charge is 0.444 e. The van der Waals surface area contributed by atoms with E-state index in [1.807, 2.05) is 39.0 Å². The van der Waals surface area contributed by atoms with Crippen LogP contribution in [0, 0.1) is 5.92 Å². The maximum atomic E-state index is 11.8. The minimum atomic E-state index is -0.523. The Balaban J connectivity index is 1.95. The second-order valence-corrected chi connectivity index (χ2v) is 7.26. The van der Waals surface area contributed by atoms with E-state index in [1.54, 1.807) is 0 Å². The highest BCUT2D eigenvalue weighted by atomic mass is 35.5. The molecule has 5 heteroatoms. The maximum absolute atomic E-state index is 11.8. The Morgan fingerprint density at radius 3 is 2.82 bits per heavy atom. The van der Waals surface area contributed by atoms with Crippen molar-refractivity contribution in [1.82, 2.24) is 5.32 Å². The number of nitrogens with one attached hydrogen (secondary N) is 2. The molecule has 1 aliphatic rings. The summed E-state index contributed by atoms with van der Waals surface area (Å²) in [6, 6.07) is 5.80. The average molecular weight is 325 g/mol. The molecule has 0 spiro atoms. The topological polar surface area (TPSA) is 50.4 Å². The lowest BCUT2D eigenvalue weighted by Crippen LogP contribution is -2.30. The van der Waals surface area contributed by atoms with Gasteiger partial charge in [0.15, 0.2) is 0 Å². The van der Waals surface area contributed by atoms with Crippen LogP contribution in [0.5, 0.6) is 0 Å². The molecule has 1 unspecified atom stereocenters. The molecule has 1 atom stereocenters. The van der Waals surface area contributed by atoms with E-state index in [0.717, 1.165) is 19.5 Å². The van der Waals surface area contributed by atoms with Crippen molar-refractivity contribution in [3.63, 3.8) is 0 Å². The van der Waals surface area contributed by atoms with Gasteiger partial charge in [-0.1, -0.05) is 17.7 Å². The van der Waals surface area contributed by atoms with Crippen molar-refractivity contribution in [2.75, 3.05) is 18.4 Å². The number of hydrogen-bond donors (Lipinski definition) is 2. The molecule has 1 saturated heterocycles. The van der Waals surface area contributed by atoms with Gasteiger partial charge in [-0.25, -0.2) is 4.79 Å². The third kappa shape index (κ3) is 5.50. The summed E-state index contributed by atoms with van der Waals surface area (Å²) in [7, 11) is 0. The first kappa shape index (κ1) is 17.1. The number of rotatable bonds is 3. The Kier molecular flexibility index (Phi) is 5.70. The standard InChI is InChI=1S/C17H25ClN2O2/c1-17(2,3)22-16(21)20-15-7-6-12(10-14(15)18)9-13-5-4-8-19-11-13/h6-7,10,13,19H,4-5,8-9,11H2,1-3H3,(H,20,21). The first-order chi connectivity index (χ1) is 10.3. The summed E-state index contributed by atoms with van der Waals surface area (Å²) in [5, 5.41) is 6.66. The van der Waals surface area contributed by atoms with Crippen LogP contribution >= 0.6 is 11.6 Å². The second kappa shape index (κ2) is 7.34. The predicted molar refractivity (Wildman–Crippen MR) is 90.6 cm³/mol. The van der Waals surface area contributed by atoms with E-state index in [1.165, 1.54) is 18.4 Å². The molecule has 0 bridgehead atoms. The number of anilines is 1. The van der Waals surface area contributed by atoms with Gasteiger partial charge in [0, 0.05) is 0 Å². The molecule has 2 rings (SSSR count). The number of carbonyl (C=O) groups is 1. The molecule has 22 heavy (non-hydrogen) atoms. The minimum absolute atomic E-state index is 0.487. The molecular weight excluding hydrogens is 300 g/mol. The monoisotopic (exact) mass is 324 g/mol. The average Bonchev–Trinajstić information content (AvgIpc) is 2.41. The summed E-state index contributed by atoms with van der Waals surface area (Å²) < 4.78 is 5.23. The van der Waals surface area contributed by atoms with Gasteiger partial charge in [0.25, 0.3) is 0 Å². The van der Waals surface area contributed by atoms with Gasteiger partial charge in [-0.3, -0.25) is 5.32 Å². The van der Waals surface area contributed by atoms with Crippen molar-refractivity contribution < 1.29 is 9.53 Å². The lowest BCUT2D eigenvalue weighted by molar-refractivity contribution is 0.0636. The second-order valence-electron chi connectivity index (χ2n) is 6.86. The molecule has 1 aromatic rings. The van der Waals surface area contributed by atoms with Crippen LogP contribution in [-0.2, 0) is 11.2 Å². The van der Waals surface area contributed by atoms with Gasteiger partial charge in [-0.05, 0) is 76.7 Å². The molecule has 122 valence electrons. The van der Waals surface area contributed by atoms with Crippen LogP contribution in [0.4, 0.5) is 10.5 Å². The summed E-state index contributed by atoms with van der Waals surface area (Å²) in [6.07, 6.45) is 3.01. The molecule has 2 N–H and O–H groups in total. The van der Waals surface area contributed by atoms with E-state index >= 15 is 0 Å². The summed E-state index contributed by atoms with van der Waals surface area (Å²) in [4.78, 5) is 11.8. The molecule has 1 amide bonds. The summed E-state index contributed by atoms with van der Waals surface area (Å²) in [5.41, 5.74) is 1.26. The zero-order valence-electron chi connectivity index (χ0n) is 13.5. The number of ether oxygens (including phenoxy) is 1. The number of hydrogen-bond acceptors (Lipinski definition) is 3. The Labute approximate surface area is 137 Å². The molecule has 1 aromatic carbocycles. The van der Waals surface area contributed by atoms with Gasteiger partial charge in [0.1, 0.15) is 5.60 Å². The Bertz CT molecular complexity index is 520. The molecule has 1 aliphatic heterocycles. The van der Waals surface area contributed by atoms with Crippen LogP contribution in [0.15, 0.2) is 18.2 Å². The zero-order valence-corrected chi connectivity index (χ0v) is 14.3. The van der Waals surface area contributed by atoms with E-state index in [9.17, 15) is 4.79 Å². The van der Waals surface area contributed by atoms with Crippen molar-refractivity contribution in [1.29, 1.82) is 0 Å². The van der Waals surface area contributed by atoms with Gasteiger partial charge >= 0.3 is 6.09 Å². The first-order valence-electron chi connectivity index (χ1n) is 7.82. The first-order valence-corrected chi connectivity index (χ1v) is 8.20. The van der Waals surface area contributed by atoms with Crippen LogP contribution in [0.25, 0.3) is 0 Å². The van der Waals surface area contributed by atoms with Gasteiger partial charge in [0.05, 0.1) is 10.7 Å². The number of piperidine rings is 1. The number of carbonyl (C=O) groups excluding carboxylic acids is 1. The van der Waals surface area contributed by atoms with E-state index in [-0.39, 0.29) is 0 Å². The lowest BCUT2D eigenvalue weighted by atomic mass is 9.92. The fourth-order valence-corrected chi connectivity index (χ4v) is 2.88. The quantitative estimate of drug-likeness (QED) is 0.874. The van der Waals surface area contributed by atoms with Crippen LogP contribution in [-0.4, -0.2) is 24.8 Å². The molecular formula is C17H25ClN2O2. The highest BCUT2D eigenvalue weighted by Gasteiger charge is 2.18. The summed E-state index contributed by atoms with van der Waals surface area (Å²) in [6.45, 7) is 7.67. The molecule has 0 aliphatic carbocycles. The van der Waals surface area contributed by atoms with Crippen LogP contribution in [0.1, 0.15) is 39.2 Å². The Morgan fingerprint density at radius 1 is 1.45 bits per heavy atom. The number of amides is 1. The predicted octanol–water partition coefficient (Wildman–Crippen LogP) is 4.23. The van der Waals surface area contributed by atoms with Crippen molar-refractivity contribution in [2.45, 2.75) is 45.6 Å². The zero-order chi connectivity index (χ0) is 16.2. The SMILES string of the molecule is CC(C)(C)OC(=O)Nc1ccc(CC2CCCNC2)cc1Cl. The van der Waals surface area contributed by atoms with Crippen LogP contribution in [0.3, 0.4) is 0 Å². The Morgan fingerprint density at radius 2 is 2.23 bits per heavy atom. The highest BCUT2D eigenvalue weighted by Crippen LogP contribution is 2.26. The molecule has 1 heterocycles. The van der Waals surface area contributed by atoms with Crippen LogP contribution < -0.4 is 10.6 Å². The van der Waals surface area contributed by atoms with Crippen molar-refractivity contribution >= 4 is 23.4 Å². The normalized spacial score (nSPS) is 18.8. The minimum Gasteiger partial charge on any atom is -0.444 e. The van der Waals surface area contributed by atoms with Gasteiger partial charge in [-0.2, -0.15) is 0 Å². The van der Waals surface area contributed by atoms with Gasteiger partial charge in [0.2, 0.25) is 0 Å². The van der Waals surface area contributed by atoms with E-state index in [2.05, 4.69) is 10.6 Å². The summed E-state index contributed by atoms with van der Waals surface area (Å²) >= 11 is 6.28. The van der Waals surface area contributed by atoms with E-state index in [4.69, 9.17) is 16.3 Å². The van der Waals surface area contributed by atoms with E-state index in [0.29, 0.717) is 16.6 Å². The van der Waals surface area contributed by atoms with Gasteiger partial charge in [-0.15, -0.1) is 0 Å². The van der Waals surface area contributed by atoms with Crippen molar-refractivity contribution in [3.8, 4) is 0 Å². The third-order valence-corrected chi connectivity index (χ3v) is 3.91. The lowest BCUT2D eigenvalue weighted by Gasteiger charge is -2.23. The fraction of sp³-hybridized carbons (Fsp3) is 0.588. The van der Waals surface area contributed by atoms with E-state index < -0.39 is 11.7 Å². The molecule has 0 saturated carbocycles. The molecule has 0 radical (unpaired) electrons. The summed E-state index contributed by atoms with van der Waals surface area (Å²) in [5.74, 6) is 0.662. The smallest absolute Gasteiger partial charge is 0.412 e. The molecule has 4 nitrogen and oxygen atoms in total. The molecule has 1 fully saturated rings. The highest BCUT2D eigenvalue weighted by molar-refractivity contribution is 6.33. The van der Waals surface area contributed by atoms with Crippen molar-refractivity contribution in [3.05, 3.63) is 28.8 Å².